The number of hydrogen-bond acceptors (Lipinski definition) is 4. The predicted molar refractivity (Wildman–Crippen MR) is 69.2 cm³/mol. The molecule has 18 heavy (non-hydrogen) atoms. The van der Waals surface area contributed by atoms with Gasteiger partial charge < -0.3 is 9.84 Å². The Kier molecular flexibility index (Phi) is 4.28. The Balaban J connectivity index is 1.93. The molecule has 1 atom stereocenters. The van der Waals surface area contributed by atoms with Gasteiger partial charge in [-0.2, -0.15) is 0 Å². The molecule has 1 heterocycles. The lowest BCUT2D eigenvalue weighted by atomic mass is 9.79. The second-order valence-corrected chi connectivity index (χ2v) is 6.06. The van der Waals surface area contributed by atoms with Crippen LogP contribution in [0.15, 0.2) is 0 Å². The van der Waals surface area contributed by atoms with Gasteiger partial charge in [0.1, 0.15) is 6.04 Å². The van der Waals surface area contributed by atoms with Crippen LogP contribution in [-0.2, 0) is 9.53 Å². The lowest BCUT2D eigenvalue weighted by Crippen LogP contribution is -2.49. The molecule has 1 unspecified atom stereocenters. The fraction of sp³-hybridized carbons (Fsp3) is 0.929. The monoisotopic (exact) mass is 255 g/mol. The number of methoxy groups -OCH3 is 1. The van der Waals surface area contributed by atoms with Gasteiger partial charge in [0.25, 0.3) is 0 Å². The minimum Gasteiger partial charge on any atom is -0.468 e. The Morgan fingerprint density at radius 3 is 2.67 bits per heavy atom. The van der Waals surface area contributed by atoms with Crippen molar-refractivity contribution in [1.82, 2.24) is 4.90 Å². The largest absolute Gasteiger partial charge is 0.468 e. The Bertz CT molecular complexity index is 297. The van der Waals surface area contributed by atoms with Crippen molar-refractivity contribution < 1.29 is 14.6 Å². The first-order chi connectivity index (χ1) is 8.54. The van der Waals surface area contributed by atoms with E-state index in [1.54, 1.807) is 0 Å². The van der Waals surface area contributed by atoms with Crippen LogP contribution in [0, 0.1) is 5.92 Å². The number of ether oxygens (including phenoxy) is 1. The summed E-state index contributed by atoms with van der Waals surface area (Å²) in [5.41, 5.74) is -0.594. The third-order valence-corrected chi connectivity index (χ3v) is 4.54. The first kappa shape index (κ1) is 13.8. The van der Waals surface area contributed by atoms with E-state index in [2.05, 4.69) is 11.8 Å². The third kappa shape index (κ3) is 3.04. The number of likely N-dealkylation sites (tertiary alicyclic amines) is 1. The molecule has 1 aliphatic carbocycles. The second kappa shape index (κ2) is 5.57. The maximum atomic E-state index is 11.7. The number of hydrogen-bond donors (Lipinski definition) is 1. The SMILES string of the molecule is COC(=O)C1CCCN1CC1(O)CCC(C)CC1. The zero-order valence-electron chi connectivity index (χ0n) is 11.5. The van der Waals surface area contributed by atoms with E-state index in [1.165, 1.54) is 7.11 Å². The Hall–Kier alpha value is -0.610. The van der Waals surface area contributed by atoms with Crippen molar-refractivity contribution in [2.24, 2.45) is 5.92 Å². The number of rotatable bonds is 3. The fourth-order valence-electron chi connectivity index (χ4n) is 3.25. The summed E-state index contributed by atoms with van der Waals surface area (Å²) >= 11 is 0. The van der Waals surface area contributed by atoms with E-state index in [0.29, 0.717) is 6.54 Å². The maximum Gasteiger partial charge on any atom is 0.323 e. The normalized spacial score (nSPS) is 37.7. The number of β-amino-alcohol motifs (C(OH)–C–C–N with tert-alkyl or cyclic N) is 1. The highest BCUT2D eigenvalue weighted by atomic mass is 16.5. The molecular formula is C14H25NO3. The summed E-state index contributed by atoms with van der Waals surface area (Å²) in [5, 5.41) is 10.6. The maximum absolute atomic E-state index is 11.7. The lowest BCUT2D eigenvalue weighted by Gasteiger charge is -2.38. The zero-order valence-corrected chi connectivity index (χ0v) is 11.5. The van der Waals surface area contributed by atoms with Crippen LogP contribution in [0.2, 0.25) is 0 Å². The highest BCUT2D eigenvalue weighted by molar-refractivity contribution is 5.76. The minimum absolute atomic E-state index is 0.140. The summed E-state index contributed by atoms with van der Waals surface area (Å²) in [4.78, 5) is 13.8. The van der Waals surface area contributed by atoms with Crippen LogP contribution >= 0.6 is 0 Å². The molecule has 1 aliphatic heterocycles. The van der Waals surface area contributed by atoms with Gasteiger partial charge in [-0.15, -0.1) is 0 Å². The van der Waals surface area contributed by atoms with E-state index >= 15 is 0 Å². The van der Waals surface area contributed by atoms with Crippen molar-refractivity contribution >= 4 is 5.97 Å². The predicted octanol–water partition coefficient (Wildman–Crippen LogP) is 1.56. The van der Waals surface area contributed by atoms with Crippen LogP contribution in [0.3, 0.4) is 0 Å². The molecule has 1 N–H and O–H groups in total. The molecule has 0 amide bonds. The van der Waals surface area contributed by atoms with Gasteiger partial charge in [0, 0.05) is 6.54 Å². The van der Waals surface area contributed by atoms with Crippen LogP contribution in [0.25, 0.3) is 0 Å². The van der Waals surface area contributed by atoms with Crippen molar-refractivity contribution in [2.45, 2.75) is 57.1 Å². The van der Waals surface area contributed by atoms with Crippen LogP contribution in [-0.4, -0.2) is 47.8 Å². The van der Waals surface area contributed by atoms with E-state index in [1.807, 2.05) is 0 Å². The number of aliphatic hydroxyl groups is 1. The molecular weight excluding hydrogens is 230 g/mol. The zero-order chi connectivity index (χ0) is 13.2. The second-order valence-electron chi connectivity index (χ2n) is 6.06. The Labute approximate surface area is 109 Å². The summed E-state index contributed by atoms with van der Waals surface area (Å²) in [7, 11) is 1.44. The lowest BCUT2D eigenvalue weighted by molar-refractivity contribution is -0.147. The molecule has 0 aromatic carbocycles. The van der Waals surface area contributed by atoms with Crippen molar-refractivity contribution in [3.8, 4) is 0 Å². The van der Waals surface area contributed by atoms with Gasteiger partial charge in [-0.3, -0.25) is 9.69 Å². The Morgan fingerprint density at radius 2 is 2.06 bits per heavy atom. The van der Waals surface area contributed by atoms with Gasteiger partial charge in [0.05, 0.1) is 12.7 Å². The fourth-order valence-corrected chi connectivity index (χ4v) is 3.25. The molecule has 0 aromatic rings. The molecule has 0 spiro atoms. The molecule has 1 saturated carbocycles. The van der Waals surface area contributed by atoms with Crippen molar-refractivity contribution in [3.05, 3.63) is 0 Å². The molecule has 1 saturated heterocycles. The van der Waals surface area contributed by atoms with Crippen LogP contribution in [0.4, 0.5) is 0 Å². The smallest absolute Gasteiger partial charge is 0.323 e. The topological polar surface area (TPSA) is 49.8 Å². The molecule has 4 heteroatoms. The number of nitrogens with zero attached hydrogens (tertiary/aromatic N) is 1. The summed E-state index contributed by atoms with van der Waals surface area (Å²) < 4.78 is 4.84. The molecule has 4 nitrogen and oxygen atoms in total. The summed E-state index contributed by atoms with van der Waals surface area (Å²) in [6, 6.07) is -0.140. The minimum atomic E-state index is -0.594. The number of carbonyl (C=O) groups is 1. The summed E-state index contributed by atoms with van der Waals surface area (Å²) in [6.45, 7) is 3.77. The Morgan fingerprint density at radius 1 is 1.39 bits per heavy atom. The highest BCUT2D eigenvalue weighted by Gasteiger charge is 2.39. The van der Waals surface area contributed by atoms with Gasteiger partial charge in [0.15, 0.2) is 0 Å². The first-order valence-electron chi connectivity index (χ1n) is 7.08. The van der Waals surface area contributed by atoms with E-state index in [-0.39, 0.29) is 12.0 Å². The number of carbonyl (C=O) groups excluding carboxylic acids is 1. The molecule has 2 aliphatic rings. The van der Waals surface area contributed by atoms with Crippen LogP contribution in [0.5, 0.6) is 0 Å². The summed E-state index contributed by atoms with van der Waals surface area (Å²) in [6.07, 6.45) is 5.78. The van der Waals surface area contributed by atoms with Gasteiger partial charge >= 0.3 is 5.97 Å². The highest BCUT2D eigenvalue weighted by Crippen LogP contribution is 2.34. The molecule has 0 bridgehead atoms. The third-order valence-electron chi connectivity index (χ3n) is 4.54. The van der Waals surface area contributed by atoms with Gasteiger partial charge in [0.2, 0.25) is 0 Å². The first-order valence-corrected chi connectivity index (χ1v) is 7.08. The van der Waals surface area contributed by atoms with Crippen molar-refractivity contribution in [1.29, 1.82) is 0 Å². The average Bonchev–Trinajstić information content (AvgIpc) is 2.80. The van der Waals surface area contributed by atoms with E-state index in [0.717, 1.165) is 51.0 Å². The molecule has 104 valence electrons. The quantitative estimate of drug-likeness (QED) is 0.778. The molecule has 0 radical (unpaired) electrons. The molecule has 0 aromatic heterocycles. The summed E-state index contributed by atoms with van der Waals surface area (Å²) in [5.74, 6) is 0.570. The van der Waals surface area contributed by atoms with Gasteiger partial charge in [-0.05, 0) is 51.0 Å². The van der Waals surface area contributed by atoms with Crippen LogP contribution < -0.4 is 0 Å². The van der Waals surface area contributed by atoms with Crippen molar-refractivity contribution in [3.63, 3.8) is 0 Å². The van der Waals surface area contributed by atoms with Gasteiger partial charge in [-0.25, -0.2) is 0 Å². The van der Waals surface area contributed by atoms with E-state index < -0.39 is 5.60 Å². The van der Waals surface area contributed by atoms with Crippen molar-refractivity contribution in [2.75, 3.05) is 20.2 Å². The standard InChI is InChI=1S/C14H25NO3/c1-11-5-7-14(17,8-6-11)10-15-9-3-4-12(15)13(16)18-2/h11-12,17H,3-10H2,1-2H3. The number of esters is 1. The van der Waals surface area contributed by atoms with Crippen LogP contribution in [0.1, 0.15) is 45.4 Å². The van der Waals surface area contributed by atoms with E-state index in [9.17, 15) is 9.90 Å². The van der Waals surface area contributed by atoms with E-state index in [4.69, 9.17) is 4.74 Å². The average molecular weight is 255 g/mol. The molecule has 2 fully saturated rings. The molecule has 2 rings (SSSR count). The van der Waals surface area contributed by atoms with Gasteiger partial charge in [-0.1, -0.05) is 6.92 Å².